The number of fused-ring (bicyclic) bond motifs is 3. The van der Waals surface area contributed by atoms with Gasteiger partial charge in [-0.25, -0.2) is 0 Å². The molecule has 3 aromatic carbocycles. The van der Waals surface area contributed by atoms with E-state index in [9.17, 15) is 5.26 Å². The molecule has 1 aliphatic carbocycles. The normalized spacial score (nSPS) is 18.0. The van der Waals surface area contributed by atoms with Crippen molar-refractivity contribution in [3.8, 4) is 27.6 Å². The van der Waals surface area contributed by atoms with Gasteiger partial charge in [0.25, 0.3) is 0 Å². The van der Waals surface area contributed by atoms with Gasteiger partial charge in [-0.2, -0.15) is 5.26 Å². The quantitative estimate of drug-likeness (QED) is 0.216. The first kappa shape index (κ1) is 23.6. The van der Waals surface area contributed by atoms with Gasteiger partial charge < -0.3 is 4.90 Å². The Morgan fingerprint density at radius 2 is 1.62 bits per heavy atom. The monoisotopic (exact) mass is 521 g/mol. The number of pyridine rings is 1. The maximum absolute atomic E-state index is 9.94. The van der Waals surface area contributed by atoms with Crippen LogP contribution < -0.4 is 4.90 Å². The SMILES string of the molecule is N#CC(=Cc1ccc(-c2ccc3c(c2)C2CCCC2N3c2ccccc2)s1)c1ccc(-c2ccncc2)cc1. The number of allylic oxidation sites excluding steroid dienone is 1. The van der Waals surface area contributed by atoms with Crippen LogP contribution in [0.5, 0.6) is 0 Å². The summed E-state index contributed by atoms with van der Waals surface area (Å²) in [6.45, 7) is 0. The van der Waals surface area contributed by atoms with Gasteiger partial charge in [0, 0.05) is 45.5 Å². The molecule has 1 aliphatic heterocycles. The van der Waals surface area contributed by atoms with Crippen LogP contribution in [0, 0.1) is 11.3 Å². The highest BCUT2D eigenvalue weighted by Crippen LogP contribution is 2.53. The number of rotatable bonds is 5. The highest BCUT2D eigenvalue weighted by molar-refractivity contribution is 7.16. The van der Waals surface area contributed by atoms with Crippen LogP contribution in [-0.2, 0) is 0 Å². The zero-order valence-corrected chi connectivity index (χ0v) is 22.3. The van der Waals surface area contributed by atoms with Gasteiger partial charge in [-0.1, -0.05) is 55.0 Å². The number of hydrogen-bond acceptors (Lipinski definition) is 4. The van der Waals surface area contributed by atoms with E-state index in [0.29, 0.717) is 17.5 Å². The van der Waals surface area contributed by atoms with Gasteiger partial charge in [0.1, 0.15) is 0 Å². The van der Waals surface area contributed by atoms with Gasteiger partial charge in [-0.05, 0) is 95.3 Å². The molecular formula is C35H27N3S. The first-order valence-corrected chi connectivity index (χ1v) is 14.3. The molecule has 0 N–H and O–H groups in total. The lowest BCUT2D eigenvalue weighted by Crippen LogP contribution is -2.26. The highest BCUT2D eigenvalue weighted by atomic mass is 32.1. The summed E-state index contributed by atoms with van der Waals surface area (Å²) < 4.78 is 0. The smallest absolute Gasteiger partial charge is 0.0998 e. The summed E-state index contributed by atoms with van der Waals surface area (Å²) in [6.07, 6.45) is 9.39. The van der Waals surface area contributed by atoms with Crippen molar-refractivity contribution >= 4 is 34.4 Å². The number of nitriles is 1. The molecular weight excluding hydrogens is 494 g/mol. The molecule has 2 atom stereocenters. The number of anilines is 2. The highest BCUT2D eigenvalue weighted by Gasteiger charge is 2.42. The molecule has 2 unspecified atom stereocenters. The summed E-state index contributed by atoms with van der Waals surface area (Å²) in [5, 5.41) is 9.94. The van der Waals surface area contributed by atoms with Crippen molar-refractivity contribution < 1.29 is 0 Å². The number of nitrogens with zero attached hydrogens (tertiary/aromatic N) is 3. The molecule has 0 spiro atoms. The van der Waals surface area contributed by atoms with Gasteiger partial charge in [-0.15, -0.1) is 11.3 Å². The van der Waals surface area contributed by atoms with Crippen molar-refractivity contribution in [1.82, 2.24) is 4.98 Å². The fourth-order valence-electron chi connectivity index (χ4n) is 6.23. The Morgan fingerprint density at radius 3 is 2.41 bits per heavy atom. The molecule has 2 aliphatic rings. The minimum absolute atomic E-state index is 0.558. The molecule has 0 amide bonds. The largest absolute Gasteiger partial charge is 0.338 e. The summed E-state index contributed by atoms with van der Waals surface area (Å²) in [5.41, 5.74) is 9.23. The Balaban J connectivity index is 1.17. The molecule has 0 bridgehead atoms. The third-order valence-corrected chi connectivity index (χ3v) is 9.14. The van der Waals surface area contributed by atoms with E-state index in [1.165, 1.54) is 46.6 Å². The van der Waals surface area contributed by atoms with Crippen molar-refractivity contribution in [2.45, 2.75) is 31.2 Å². The van der Waals surface area contributed by atoms with Gasteiger partial charge >= 0.3 is 0 Å². The van der Waals surface area contributed by atoms with E-state index in [0.717, 1.165) is 21.6 Å². The van der Waals surface area contributed by atoms with Gasteiger partial charge in [-0.3, -0.25) is 4.98 Å². The minimum atomic E-state index is 0.558. The average molecular weight is 522 g/mol. The van der Waals surface area contributed by atoms with Gasteiger partial charge in [0.15, 0.2) is 0 Å². The second-order valence-electron chi connectivity index (χ2n) is 10.3. The molecule has 2 aromatic heterocycles. The van der Waals surface area contributed by atoms with Crippen LogP contribution in [0.4, 0.5) is 11.4 Å². The van der Waals surface area contributed by atoms with E-state index in [1.54, 1.807) is 23.7 Å². The molecule has 3 nitrogen and oxygen atoms in total. The number of thiophene rings is 1. The van der Waals surface area contributed by atoms with Crippen LogP contribution >= 0.6 is 11.3 Å². The molecule has 1 fully saturated rings. The first-order valence-electron chi connectivity index (χ1n) is 13.5. The second kappa shape index (κ2) is 10.0. The van der Waals surface area contributed by atoms with Gasteiger partial charge in [0.2, 0.25) is 0 Å². The average Bonchev–Trinajstić information content (AvgIpc) is 3.73. The predicted octanol–water partition coefficient (Wildman–Crippen LogP) is 9.33. The molecule has 3 heterocycles. The van der Waals surface area contributed by atoms with E-state index in [4.69, 9.17) is 0 Å². The van der Waals surface area contributed by atoms with Crippen LogP contribution in [0.15, 0.2) is 109 Å². The second-order valence-corrected chi connectivity index (χ2v) is 11.4. The van der Waals surface area contributed by atoms with Crippen LogP contribution in [0.25, 0.3) is 33.2 Å². The van der Waals surface area contributed by atoms with Crippen molar-refractivity contribution in [1.29, 1.82) is 5.26 Å². The van der Waals surface area contributed by atoms with E-state index in [1.807, 2.05) is 30.3 Å². The Kier molecular flexibility index (Phi) is 6.07. The first-order chi connectivity index (χ1) is 19.3. The summed E-state index contributed by atoms with van der Waals surface area (Å²) in [5.74, 6) is 0.597. The fourth-order valence-corrected chi connectivity index (χ4v) is 7.18. The van der Waals surface area contributed by atoms with Gasteiger partial charge in [0.05, 0.1) is 11.6 Å². The van der Waals surface area contributed by atoms with Crippen molar-refractivity contribution in [3.63, 3.8) is 0 Å². The van der Waals surface area contributed by atoms with Crippen LogP contribution in [0.2, 0.25) is 0 Å². The molecule has 39 heavy (non-hydrogen) atoms. The third kappa shape index (κ3) is 4.35. The predicted molar refractivity (Wildman–Crippen MR) is 162 cm³/mol. The van der Waals surface area contributed by atoms with Crippen molar-refractivity contribution in [2.24, 2.45) is 0 Å². The maximum atomic E-state index is 9.94. The fraction of sp³-hybridized carbons (Fsp3) is 0.143. The van der Waals surface area contributed by atoms with E-state index >= 15 is 0 Å². The molecule has 7 rings (SSSR count). The number of benzene rings is 3. The molecule has 4 heteroatoms. The lowest BCUT2D eigenvalue weighted by Gasteiger charge is -2.27. The van der Waals surface area contributed by atoms with E-state index < -0.39 is 0 Å². The van der Waals surface area contributed by atoms with Crippen LogP contribution in [0.3, 0.4) is 0 Å². The maximum Gasteiger partial charge on any atom is 0.0998 e. The summed E-state index contributed by atoms with van der Waals surface area (Å²) >= 11 is 1.74. The lowest BCUT2D eigenvalue weighted by molar-refractivity contribution is 0.642. The summed E-state index contributed by atoms with van der Waals surface area (Å²) in [6, 6.07) is 37.3. The Labute approximate surface area is 233 Å². The summed E-state index contributed by atoms with van der Waals surface area (Å²) in [7, 11) is 0. The molecule has 5 aromatic rings. The van der Waals surface area contributed by atoms with E-state index in [2.05, 4.69) is 88.7 Å². The summed E-state index contributed by atoms with van der Waals surface area (Å²) in [4.78, 5) is 8.99. The van der Waals surface area contributed by atoms with E-state index in [-0.39, 0.29) is 0 Å². The topological polar surface area (TPSA) is 39.9 Å². The van der Waals surface area contributed by atoms with Crippen LogP contribution in [-0.4, -0.2) is 11.0 Å². The number of hydrogen-bond donors (Lipinski definition) is 0. The molecule has 0 radical (unpaired) electrons. The van der Waals surface area contributed by atoms with Crippen molar-refractivity contribution in [2.75, 3.05) is 4.90 Å². The van der Waals surface area contributed by atoms with Crippen LogP contribution in [0.1, 0.15) is 41.2 Å². The zero-order chi connectivity index (χ0) is 26.2. The molecule has 188 valence electrons. The number of para-hydroxylation sites is 1. The Bertz CT molecular complexity index is 1690. The van der Waals surface area contributed by atoms with Crippen molar-refractivity contribution in [3.05, 3.63) is 125 Å². The molecule has 0 saturated heterocycles. The third-order valence-electron chi connectivity index (χ3n) is 8.06. The zero-order valence-electron chi connectivity index (χ0n) is 21.5. The molecule has 1 saturated carbocycles. The Morgan fingerprint density at radius 1 is 0.846 bits per heavy atom. The lowest BCUT2D eigenvalue weighted by atomic mass is 9.95. The number of aromatic nitrogens is 1. The Hall–Kier alpha value is -4.46. The minimum Gasteiger partial charge on any atom is -0.338 e. The standard InChI is InChI=1S/C35H27N3S/c36-23-28(25-11-9-24(10-12-25)26-17-19-37-20-18-26)21-30-14-16-35(39-30)27-13-15-34-32(22-27)31-7-4-8-33(31)38(34)29-5-2-1-3-6-29/h1-3,5-6,9-22,31,33H,4,7-8H2.